The predicted molar refractivity (Wildman–Crippen MR) is 77.1 cm³/mol. The van der Waals surface area contributed by atoms with Gasteiger partial charge < -0.3 is 20.6 Å². The number of fused-ring (bicyclic) bond motifs is 1. The van der Waals surface area contributed by atoms with Crippen LogP contribution in [-0.2, 0) is 0 Å². The Bertz CT molecular complexity index is 644. The van der Waals surface area contributed by atoms with Crippen molar-refractivity contribution in [1.29, 1.82) is 5.41 Å². The van der Waals surface area contributed by atoms with Gasteiger partial charge in [0.05, 0.1) is 12.1 Å². The van der Waals surface area contributed by atoms with Gasteiger partial charge in [-0.25, -0.2) is 14.4 Å². The van der Waals surface area contributed by atoms with Gasteiger partial charge in [-0.15, -0.1) is 0 Å². The average molecular weight is 290 g/mol. The van der Waals surface area contributed by atoms with Gasteiger partial charge in [0.25, 0.3) is 0 Å². The first-order valence-corrected chi connectivity index (χ1v) is 6.63. The highest BCUT2D eigenvalue weighted by molar-refractivity contribution is 5.89. The molecule has 21 heavy (non-hydrogen) atoms. The maximum Gasteiger partial charge on any atom is 0.162 e. The van der Waals surface area contributed by atoms with Crippen molar-refractivity contribution in [3.63, 3.8) is 0 Å². The zero-order chi connectivity index (χ0) is 15.0. The molecular weight excluding hydrogens is 275 g/mol. The van der Waals surface area contributed by atoms with Crippen LogP contribution in [-0.4, -0.2) is 34.4 Å². The molecule has 2 heterocycles. The average Bonchev–Trinajstić information content (AvgIpc) is 2.48. The lowest BCUT2D eigenvalue weighted by molar-refractivity contribution is 0.262. The molecule has 0 saturated carbocycles. The maximum absolute atomic E-state index is 13.9. The lowest BCUT2D eigenvalue weighted by Gasteiger charge is -2.26. The molecule has 0 fully saturated rings. The van der Waals surface area contributed by atoms with Crippen molar-refractivity contribution >= 4 is 23.4 Å². The van der Waals surface area contributed by atoms with Crippen LogP contribution in [0, 0.1) is 11.3 Å². The molecule has 0 saturated heterocycles. The number of aliphatic hydroxyl groups is 1. The van der Waals surface area contributed by atoms with Crippen molar-refractivity contribution < 1.29 is 14.2 Å². The van der Waals surface area contributed by atoms with Crippen LogP contribution in [0.25, 0.3) is 0 Å². The second-order valence-corrected chi connectivity index (χ2v) is 5.00. The zero-order valence-corrected chi connectivity index (χ0v) is 11.4. The monoisotopic (exact) mass is 290 g/mol. The Labute approximate surface area is 120 Å². The van der Waals surface area contributed by atoms with E-state index in [1.54, 1.807) is 19.1 Å². The Hall–Kier alpha value is -2.28. The first-order chi connectivity index (χ1) is 10.1. The molecule has 3 N–H and O–H groups in total. The number of hydrogen-bond donors (Lipinski definition) is 3. The molecule has 3 rings (SSSR count). The zero-order valence-electron chi connectivity index (χ0n) is 11.4. The summed E-state index contributed by atoms with van der Waals surface area (Å²) in [5.41, 5.74) is 0.529. The Morgan fingerprint density at radius 3 is 3.14 bits per heavy atom. The molecule has 1 aromatic rings. The van der Waals surface area contributed by atoms with Gasteiger partial charge >= 0.3 is 0 Å². The van der Waals surface area contributed by atoms with Gasteiger partial charge in [0.1, 0.15) is 17.6 Å². The van der Waals surface area contributed by atoms with E-state index in [4.69, 9.17) is 10.1 Å². The third-order valence-electron chi connectivity index (χ3n) is 3.49. The van der Waals surface area contributed by atoms with Crippen LogP contribution in [0.2, 0.25) is 0 Å². The first kappa shape index (κ1) is 13.7. The number of alkyl halides is 1. The highest BCUT2D eigenvalue weighted by Gasteiger charge is 2.30. The molecule has 1 aromatic heterocycles. The van der Waals surface area contributed by atoms with E-state index in [1.807, 2.05) is 0 Å². The Morgan fingerprint density at radius 2 is 2.33 bits per heavy atom. The number of allylic oxidation sites excluding steroid dienone is 2. The van der Waals surface area contributed by atoms with Crippen LogP contribution in [0.1, 0.15) is 13.3 Å². The number of nitrogens with zero attached hydrogens (tertiary/aromatic N) is 2. The van der Waals surface area contributed by atoms with Gasteiger partial charge in [0.2, 0.25) is 0 Å². The normalized spacial score (nSPS) is 27.7. The summed E-state index contributed by atoms with van der Waals surface area (Å²) in [6.45, 7) is 1.68. The minimum absolute atomic E-state index is 0.0643. The van der Waals surface area contributed by atoms with E-state index in [0.29, 0.717) is 23.0 Å². The van der Waals surface area contributed by atoms with E-state index in [1.165, 1.54) is 12.4 Å². The van der Waals surface area contributed by atoms with Crippen LogP contribution in [0.15, 0.2) is 29.1 Å². The summed E-state index contributed by atoms with van der Waals surface area (Å²) in [6.07, 6.45) is 2.61. The number of nitrogens with one attached hydrogen (secondary N) is 2. The molecule has 1 aliphatic carbocycles. The number of pyridine rings is 1. The molecule has 0 spiro atoms. The molecule has 0 aromatic carbocycles. The Morgan fingerprint density at radius 1 is 1.52 bits per heavy atom. The number of anilines is 1. The Balaban J connectivity index is 1.89. The number of hydrogen-bond acceptors (Lipinski definition) is 6. The van der Waals surface area contributed by atoms with Crippen molar-refractivity contribution in [3.8, 4) is 5.75 Å². The summed E-state index contributed by atoms with van der Waals surface area (Å²) in [5.74, 6) is 0.819. The summed E-state index contributed by atoms with van der Waals surface area (Å²) in [7, 11) is 0. The minimum atomic E-state index is -1.33. The maximum atomic E-state index is 13.9. The summed E-state index contributed by atoms with van der Waals surface area (Å²) < 4.78 is 19.7. The van der Waals surface area contributed by atoms with Crippen molar-refractivity contribution in [2.24, 2.45) is 10.9 Å². The predicted octanol–water partition coefficient (Wildman–Crippen LogP) is 2.19. The van der Waals surface area contributed by atoms with Gasteiger partial charge in [-0.05, 0) is 6.08 Å². The summed E-state index contributed by atoms with van der Waals surface area (Å²) in [5, 5.41) is 19.7. The lowest BCUT2D eigenvalue weighted by atomic mass is 9.92. The molecular formula is C14H15FN4O2. The van der Waals surface area contributed by atoms with Crippen LogP contribution in [0.5, 0.6) is 5.75 Å². The minimum Gasteiger partial charge on any atom is -0.459 e. The molecule has 0 amide bonds. The molecule has 0 radical (unpaired) electrons. The molecule has 3 atom stereocenters. The highest BCUT2D eigenvalue weighted by atomic mass is 19.1. The second kappa shape index (κ2) is 5.25. The summed E-state index contributed by atoms with van der Waals surface area (Å²) >= 11 is 0. The molecule has 110 valence electrons. The number of halogens is 1. The molecule has 3 unspecified atom stereocenters. The number of aliphatic hydroxyl groups excluding tert-OH is 1. The smallest absolute Gasteiger partial charge is 0.162 e. The third kappa shape index (κ3) is 2.52. The molecule has 6 nitrogen and oxygen atoms in total. The van der Waals surface area contributed by atoms with Gasteiger partial charge in [-0.1, -0.05) is 6.92 Å². The van der Waals surface area contributed by atoms with Crippen molar-refractivity contribution in [2.75, 3.05) is 5.32 Å². The topological polar surface area (TPSA) is 90.6 Å². The van der Waals surface area contributed by atoms with Gasteiger partial charge in [0.15, 0.2) is 17.8 Å². The quantitative estimate of drug-likeness (QED) is 0.778. The Kier molecular flexibility index (Phi) is 3.42. The largest absolute Gasteiger partial charge is 0.459 e. The van der Waals surface area contributed by atoms with Crippen molar-refractivity contribution in [2.45, 2.75) is 25.7 Å². The van der Waals surface area contributed by atoms with E-state index in [2.05, 4.69) is 15.3 Å². The van der Waals surface area contributed by atoms with Crippen LogP contribution < -0.4 is 10.1 Å². The van der Waals surface area contributed by atoms with Crippen LogP contribution in [0.3, 0.4) is 0 Å². The third-order valence-corrected chi connectivity index (χ3v) is 3.49. The van der Waals surface area contributed by atoms with Crippen molar-refractivity contribution in [1.82, 2.24) is 4.98 Å². The number of aromatic nitrogens is 1. The van der Waals surface area contributed by atoms with Gasteiger partial charge in [-0.2, -0.15) is 0 Å². The number of aliphatic imine (C=N–C) groups is 1. The molecule has 0 bridgehead atoms. The fourth-order valence-corrected chi connectivity index (χ4v) is 2.29. The molecule has 7 heteroatoms. The number of ether oxygens (including phenoxy) is 1. The second-order valence-electron chi connectivity index (χ2n) is 5.00. The van der Waals surface area contributed by atoms with Crippen LogP contribution >= 0.6 is 0 Å². The highest BCUT2D eigenvalue weighted by Crippen LogP contribution is 2.38. The summed E-state index contributed by atoms with van der Waals surface area (Å²) in [4.78, 5) is 8.19. The standard InChI is InChI=1S/C14H15FN4O2/c1-7-9(3-2-8(16)12(7)15)21-10-4-5-17-14-13(10)18-6-11(20)19-14/h3-7,11-12,16,20H,2H2,1H3,(H,17,19). The lowest BCUT2D eigenvalue weighted by Crippen LogP contribution is -2.30. The van der Waals surface area contributed by atoms with Crippen LogP contribution in [0.4, 0.5) is 15.9 Å². The number of rotatable bonds is 2. The van der Waals surface area contributed by atoms with E-state index in [9.17, 15) is 9.50 Å². The van der Waals surface area contributed by atoms with E-state index >= 15 is 0 Å². The summed E-state index contributed by atoms with van der Waals surface area (Å²) in [6, 6.07) is 1.64. The van der Waals surface area contributed by atoms with E-state index in [-0.39, 0.29) is 12.1 Å². The van der Waals surface area contributed by atoms with Crippen molar-refractivity contribution in [3.05, 3.63) is 24.1 Å². The first-order valence-electron chi connectivity index (χ1n) is 6.63. The van der Waals surface area contributed by atoms with Gasteiger partial charge in [-0.3, -0.25) is 0 Å². The SMILES string of the molecule is CC1C(Oc2ccnc3c2N=CC(O)N3)=CCC(=N)C1F. The van der Waals surface area contributed by atoms with E-state index < -0.39 is 18.3 Å². The fraction of sp³-hybridized carbons (Fsp3) is 0.357. The van der Waals surface area contributed by atoms with Gasteiger partial charge in [0, 0.05) is 24.4 Å². The fourth-order valence-electron chi connectivity index (χ4n) is 2.29. The molecule has 2 aliphatic rings. The van der Waals surface area contributed by atoms with E-state index in [0.717, 1.165) is 0 Å². The molecule has 1 aliphatic heterocycles.